The predicted octanol–water partition coefficient (Wildman–Crippen LogP) is 3.06. The fourth-order valence-electron chi connectivity index (χ4n) is 2.27. The number of nitrogens with zero attached hydrogens (tertiary/aromatic N) is 6. The summed E-state index contributed by atoms with van der Waals surface area (Å²) in [6.07, 6.45) is 0. The number of amides is 1. The van der Waals surface area contributed by atoms with Crippen LogP contribution in [-0.2, 0) is 6.61 Å². The number of hydrogen-bond acceptors (Lipinski definition) is 8. The first-order valence-corrected chi connectivity index (χ1v) is 9.40. The van der Waals surface area contributed by atoms with E-state index in [9.17, 15) is 4.79 Å². The van der Waals surface area contributed by atoms with Gasteiger partial charge in [0.2, 0.25) is 5.13 Å². The highest BCUT2D eigenvalue weighted by molar-refractivity contribution is 7.15. The van der Waals surface area contributed by atoms with Gasteiger partial charge in [-0.15, -0.1) is 15.3 Å². The van der Waals surface area contributed by atoms with Gasteiger partial charge in [-0.25, -0.2) is 4.68 Å². The molecule has 0 aliphatic rings. The van der Waals surface area contributed by atoms with Gasteiger partial charge in [-0.3, -0.25) is 10.1 Å². The SMILES string of the molecule is CC(C)c1nnc(NC(=O)c2cccc(OCc3nnnn3C(C)C)c2)s1. The standard InChI is InChI=1S/C17H21N7O2S/c1-10(2)16-20-21-17(27-16)18-15(25)12-6-5-7-13(8-12)26-9-14-19-22-23-24(14)11(3)4/h5-8,10-11H,9H2,1-4H3,(H,18,21,25). The van der Waals surface area contributed by atoms with Gasteiger partial charge in [-0.1, -0.05) is 31.3 Å². The summed E-state index contributed by atoms with van der Waals surface area (Å²) in [5, 5.41) is 23.8. The average Bonchev–Trinajstić information content (AvgIpc) is 3.29. The summed E-state index contributed by atoms with van der Waals surface area (Å²) in [6.45, 7) is 8.25. The number of hydrogen-bond donors (Lipinski definition) is 1. The van der Waals surface area contributed by atoms with Crippen LogP contribution < -0.4 is 10.1 Å². The summed E-state index contributed by atoms with van der Waals surface area (Å²) in [7, 11) is 0. The summed E-state index contributed by atoms with van der Waals surface area (Å²) < 4.78 is 7.44. The van der Waals surface area contributed by atoms with Gasteiger partial charge in [0.05, 0.1) is 6.04 Å². The van der Waals surface area contributed by atoms with Crippen LogP contribution in [-0.4, -0.2) is 36.3 Å². The highest BCUT2D eigenvalue weighted by Gasteiger charge is 2.13. The van der Waals surface area contributed by atoms with Crippen molar-refractivity contribution in [3.63, 3.8) is 0 Å². The Bertz CT molecular complexity index is 919. The second-order valence-corrected chi connectivity index (χ2v) is 7.51. The van der Waals surface area contributed by atoms with Crippen LogP contribution in [0.4, 0.5) is 5.13 Å². The van der Waals surface area contributed by atoms with E-state index in [1.807, 2.05) is 27.7 Å². The van der Waals surface area contributed by atoms with E-state index in [-0.39, 0.29) is 24.5 Å². The molecular formula is C17H21N7O2S. The Morgan fingerprint density at radius 1 is 1.22 bits per heavy atom. The number of ether oxygens (including phenoxy) is 1. The number of carbonyl (C=O) groups excluding carboxylic acids is 1. The van der Waals surface area contributed by atoms with Crippen molar-refractivity contribution < 1.29 is 9.53 Å². The smallest absolute Gasteiger partial charge is 0.257 e. The maximum atomic E-state index is 12.5. The molecule has 0 atom stereocenters. The number of tetrazole rings is 1. The largest absolute Gasteiger partial charge is 0.486 e. The Morgan fingerprint density at radius 2 is 2.04 bits per heavy atom. The molecule has 0 bridgehead atoms. The minimum atomic E-state index is -0.265. The van der Waals surface area contributed by atoms with Gasteiger partial charge in [0, 0.05) is 11.5 Å². The van der Waals surface area contributed by atoms with Gasteiger partial charge in [0.15, 0.2) is 5.82 Å². The Hall–Kier alpha value is -2.88. The minimum absolute atomic E-state index is 0.137. The molecule has 0 aliphatic heterocycles. The van der Waals surface area contributed by atoms with E-state index in [0.29, 0.717) is 22.3 Å². The third-order valence-corrected chi connectivity index (χ3v) is 4.81. The third kappa shape index (κ3) is 4.64. The highest BCUT2D eigenvalue weighted by Crippen LogP contribution is 2.23. The Kier molecular flexibility index (Phi) is 5.75. The molecule has 1 N–H and O–H groups in total. The van der Waals surface area contributed by atoms with E-state index in [1.165, 1.54) is 11.3 Å². The van der Waals surface area contributed by atoms with Crippen molar-refractivity contribution in [2.75, 3.05) is 5.32 Å². The van der Waals surface area contributed by atoms with Gasteiger partial charge in [-0.2, -0.15) is 0 Å². The lowest BCUT2D eigenvalue weighted by molar-refractivity contribution is 0.102. The number of anilines is 1. The van der Waals surface area contributed by atoms with Gasteiger partial charge in [0.1, 0.15) is 17.4 Å². The molecule has 3 rings (SSSR count). The number of nitrogens with one attached hydrogen (secondary N) is 1. The molecule has 2 heterocycles. The van der Waals surface area contributed by atoms with E-state index in [0.717, 1.165) is 5.01 Å². The van der Waals surface area contributed by atoms with Crippen LogP contribution in [0.3, 0.4) is 0 Å². The molecule has 27 heavy (non-hydrogen) atoms. The molecule has 3 aromatic rings. The summed E-state index contributed by atoms with van der Waals surface area (Å²) in [4.78, 5) is 12.5. The predicted molar refractivity (Wildman–Crippen MR) is 101 cm³/mol. The third-order valence-electron chi connectivity index (χ3n) is 3.67. The molecule has 0 saturated carbocycles. The van der Waals surface area contributed by atoms with Crippen LogP contribution in [0.15, 0.2) is 24.3 Å². The van der Waals surface area contributed by atoms with Crippen LogP contribution in [0, 0.1) is 0 Å². The fraction of sp³-hybridized carbons (Fsp3) is 0.412. The first kappa shape index (κ1) is 18.9. The molecule has 142 valence electrons. The van der Waals surface area contributed by atoms with Crippen molar-refractivity contribution in [1.82, 2.24) is 30.4 Å². The molecule has 0 aliphatic carbocycles. The van der Waals surface area contributed by atoms with Crippen molar-refractivity contribution in [2.24, 2.45) is 0 Å². The number of benzene rings is 1. The minimum Gasteiger partial charge on any atom is -0.486 e. The number of carbonyl (C=O) groups is 1. The molecule has 1 amide bonds. The summed E-state index contributed by atoms with van der Waals surface area (Å²) in [6, 6.07) is 7.06. The van der Waals surface area contributed by atoms with Crippen molar-refractivity contribution >= 4 is 22.4 Å². The van der Waals surface area contributed by atoms with Crippen LogP contribution in [0.25, 0.3) is 0 Å². The van der Waals surface area contributed by atoms with Crippen molar-refractivity contribution in [3.05, 3.63) is 40.7 Å². The summed E-state index contributed by atoms with van der Waals surface area (Å²) in [5.41, 5.74) is 0.470. The first-order chi connectivity index (χ1) is 12.9. The Balaban J connectivity index is 1.65. The molecule has 10 heteroatoms. The topological polar surface area (TPSA) is 108 Å². The van der Waals surface area contributed by atoms with E-state index in [1.54, 1.807) is 28.9 Å². The zero-order chi connectivity index (χ0) is 19.4. The van der Waals surface area contributed by atoms with Crippen molar-refractivity contribution in [2.45, 2.75) is 46.3 Å². The van der Waals surface area contributed by atoms with Gasteiger partial charge in [0.25, 0.3) is 5.91 Å². The van der Waals surface area contributed by atoms with Gasteiger partial charge >= 0.3 is 0 Å². The molecular weight excluding hydrogens is 366 g/mol. The molecule has 0 spiro atoms. The normalized spacial score (nSPS) is 11.2. The molecule has 0 radical (unpaired) electrons. The highest BCUT2D eigenvalue weighted by atomic mass is 32.1. The van der Waals surface area contributed by atoms with Crippen LogP contribution in [0.5, 0.6) is 5.75 Å². The maximum absolute atomic E-state index is 12.5. The summed E-state index contributed by atoms with van der Waals surface area (Å²) in [5.74, 6) is 1.18. The van der Waals surface area contributed by atoms with Crippen molar-refractivity contribution in [1.29, 1.82) is 0 Å². The monoisotopic (exact) mass is 387 g/mol. The number of rotatable bonds is 7. The lowest BCUT2D eigenvalue weighted by atomic mass is 10.2. The van der Waals surface area contributed by atoms with E-state index in [2.05, 4.69) is 31.0 Å². The zero-order valence-electron chi connectivity index (χ0n) is 15.6. The van der Waals surface area contributed by atoms with E-state index < -0.39 is 0 Å². The maximum Gasteiger partial charge on any atom is 0.257 e. The average molecular weight is 387 g/mol. The van der Waals surface area contributed by atoms with Crippen molar-refractivity contribution in [3.8, 4) is 5.75 Å². The second kappa shape index (κ2) is 8.21. The molecule has 0 saturated heterocycles. The molecule has 0 fully saturated rings. The zero-order valence-corrected chi connectivity index (χ0v) is 16.4. The van der Waals surface area contributed by atoms with E-state index >= 15 is 0 Å². The molecule has 0 unspecified atom stereocenters. The van der Waals surface area contributed by atoms with Crippen LogP contribution >= 0.6 is 11.3 Å². The van der Waals surface area contributed by atoms with Crippen LogP contribution in [0.1, 0.15) is 60.8 Å². The second-order valence-electron chi connectivity index (χ2n) is 6.50. The lowest BCUT2D eigenvalue weighted by Crippen LogP contribution is -2.12. The molecule has 2 aromatic heterocycles. The lowest BCUT2D eigenvalue weighted by Gasteiger charge is -2.10. The quantitative estimate of drug-likeness (QED) is 0.664. The summed E-state index contributed by atoms with van der Waals surface area (Å²) >= 11 is 1.37. The van der Waals surface area contributed by atoms with Gasteiger partial charge < -0.3 is 4.74 Å². The van der Waals surface area contributed by atoms with Gasteiger partial charge in [-0.05, 0) is 42.5 Å². The molecule has 1 aromatic carbocycles. The first-order valence-electron chi connectivity index (χ1n) is 8.58. The Morgan fingerprint density at radius 3 is 2.74 bits per heavy atom. The molecule has 9 nitrogen and oxygen atoms in total. The van der Waals surface area contributed by atoms with Crippen LogP contribution in [0.2, 0.25) is 0 Å². The fourth-order valence-corrected chi connectivity index (χ4v) is 3.01. The number of aromatic nitrogens is 6. The van der Waals surface area contributed by atoms with E-state index in [4.69, 9.17) is 4.74 Å². The Labute approximate surface area is 160 Å².